The van der Waals surface area contributed by atoms with E-state index in [4.69, 9.17) is 5.41 Å². The highest BCUT2D eigenvalue weighted by Crippen LogP contribution is 2.24. The molecule has 0 heterocycles. The van der Waals surface area contributed by atoms with E-state index in [0.29, 0.717) is 17.4 Å². The second-order valence-corrected chi connectivity index (χ2v) is 4.64. The lowest BCUT2D eigenvalue weighted by Crippen LogP contribution is -2.23. The van der Waals surface area contributed by atoms with Gasteiger partial charge in [0.25, 0.3) is 0 Å². The van der Waals surface area contributed by atoms with Gasteiger partial charge in [-0.2, -0.15) is 21.6 Å². The minimum absolute atomic E-state index is 0.366. The molecule has 0 aromatic heterocycles. The maximum absolute atomic E-state index is 11.9. The van der Waals surface area contributed by atoms with Gasteiger partial charge in [-0.15, -0.1) is 0 Å². The molecule has 0 aliphatic rings. The first-order valence-corrected chi connectivity index (χ1v) is 5.94. The zero-order valence-corrected chi connectivity index (χ0v) is 9.62. The van der Waals surface area contributed by atoms with Crippen LogP contribution in [-0.2, 0) is 14.3 Å². The molecule has 1 aromatic carbocycles. The van der Waals surface area contributed by atoms with Crippen molar-refractivity contribution in [1.82, 2.24) is 0 Å². The van der Waals surface area contributed by atoms with Crippen molar-refractivity contribution in [2.75, 3.05) is 0 Å². The molecule has 1 aromatic rings. The molecule has 98 valence electrons. The molecular weight excluding hydrogens is 271 g/mol. The van der Waals surface area contributed by atoms with Crippen molar-refractivity contribution in [3.05, 3.63) is 41.7 Å². The van der Waals surface area contributed by atoms with Crippen LogP contribution in [-0.4, -0.2) is 20.1 Å². The number of hydrogen-bond acceptors (Lipinski definition) is 4. The molecule has 0 aliphatic heterocycles. The van der Waals surface area contributed by atoms with Crippen LogP contribution in [0.3, 0.4) is 0 Å². The lowest BCUT2D eigenvalue weighted by Gasteiger charge is -2.05. The zero-order chi connectivity index (χ0) is 13.8. The van der Waals surface area contributed by atoms with E-state index < -0.39 is 15.6 Å². The van der Waals surface area contributed by atoms with E-state index in [1.807, 2.05) is 0 Å². The van der Waals surface area contributed by atoms with Crippen LogP contribution in [0.1, 0.15) is 11.1 Å². The topological polar surface area (TPSA) is 67.2 Å². The van der Waals surface area contributed by atoms with E-state index >= 15 is 0 Å². The first-order valence-electron chi connectivity index (χ1n) is 4.53. The summed E-state index contributed by atoms with van der Waals surface area (Å²) in [6.07, 6.45) is 2.44. The van der Waals surface area contributed by atoms with Crippen molar-refractivity contribution in [3.8, 4) is 0 Å². The summed E-state index contributed by atoms with van der Waals surface area (Å²) in [5.74, 6) is 0. The molecule has 8 heteroatoms. The molecule has 1 N–H and O–H groups in total. The second-order valence-electron chi connectivity index (χ2n) is 3.07. The van der Waals surface area contributed by atoms with Crippen molar-refractivity contribution >= 4 is 22.4 Å². The number of rotatable bonds is 4. The third-order valence-electron chi connectivity index (χ3n) is 1.86. The highest BCUT2D eigenvalue weighted by atomic mass is 32.2. The highest BCUT2D eigenvalue weighted by molar-refractivity contribution is 7.87. The van der Waals surface area contributed by atoms with Crippen LogP contribution < -0.4 is 0 Å². The zero-order valence-electron chi connectivity index (χ0n) is 8.81. The van der Waals surface area contributed by atoms with Gasteiger partial charge in [0.15, 0.2) is 0 Å². The number of nitrogens with one attached hydrogen (secondary N) is 1. The van der Waals surface area contributed by atoms with Crippen molar-refractivity contribution in [3.63, 3.8) is 0 Å². The van der Waals surface area contributed by atoms with Gasteiger partial charge in [0, 0.05) is 6.21 Å². The normalized spacial score (nSPS) is 12.6. The predicted molar refractivity (Wildman–Crippen MR) is 59.4 cm³/mol. The Morgan fingerprint density at radius 2 is 1.72 bits per heavy atom. The summed E-state index contributed by atoms with van der Waals surface area (Å²) < 4.78 is 60.6. The van der Waals surface area contributed by atoms with E-state index in [0.717, 1.165) is 12.3 Å². The van der Waals surface area contributed by atoms with Gasteiger partial charge in [-0.25, -0.2) is 0 Å². The fourth-order valence-electron chi connectivity index (χ4n) is 1.02. The minimum atomic E-state index is -5.63. The summed E-state index contributed by atoms with van der Waals surface area (Å²) in [7, 11) is -5.63. The predicted octanol–water partition coefficient (Wildman–Crippen LogP) is 2.52. The first kappa shape index (κ1) is 14.2. The Morgan fingerprint density at radius 1 is 1.17 bits per heavy atom. The Morgan fingerprint density at radius 3 is 2.22 bits per heavy atom. The third-order valence-corrected chi connectivity index (χ3v) is 2.80. The van der Waals surface area contributed by atoms with E-state index in [1.165, 1.54) is 6.07 Å². The molecule has 0 spiro atoms. The van der Waals surface area contributed by atoms with Crippen LogP contribution in [0, 0.1) is 5.41 Å². The van der Waals surface area contributed by atoms with E-state index in [2.05, 4.69) is 4.18 Å². The summed E-state index contributed by atoms with van der Waals surface area (Å²) in [5, 5.41) is 7.04. The average molecular weight is 279 g/mol. The molecule has 0 atom stereocenters. The number of halogens is 3. The lowest BCUT2D eigenvalue weighted by molar-refractivity contribution is -0.0514. The molecule has 0 amide bonds. The largest absolute Gasteiger partial charge is 0.534 e. The number of benzene rings is 1. The summed E-state index contributed by atoms with van der Waals surface area (Å²) in [4.78, 5) is 0. The Labute approximate surface area is 101 Å². The quantitative estimate of drug-likeness (QED) is 0.398. The number of hydrogen-bond donors (Lipinski definition) is 1. The maximum atomic E-state index is 11.9. The van der Waals surface area contributed by atoms with Gasteiger partial charge in [0.1, 0.15) is 6.26 Å². The molecule has 0 saturated heterocycles. The summed E-state index contributed by atoms with van der Waals surface area (Å²) in [6.45, 7) is 0. The van der Waals surface area contributed by atoms with Crippen molar-refractivity contribution in [1.29, 1.82) is 5.41 Å². The van der Waals surface area contributed by atoms with E-state index in [-0.39, 0.29) is 0 Å². The van der Waals surface area contributed by atoms with E-state index in [9.17, 15) is 21.6 Å². The second kappa shape index (κ2) is 5.21. The Bertz CT molecular complexity index is 564. The smallest absolute Gasteiger partial charge is 0.384 e. The lowest BCUT2D eigenvalue weighted by atomic mass is 10.1. The van der Waals surface area contributed by atoms with Crippen molar-refractivity contribution in [2.45, 2.75) is 5.51 Å². The third kappa shape index (κ3) is 3.33. The SMILES string of the molecule is N=Cc1ccccc1/C=C/OS(=O)(=O)C(F)(F)F. The van der Waals surface area contributed by atoms with Crippen LogP contribution in [0.15, 0.2) is 30.5 Å². The average Bonchev–Trinajstić information content (AvgIpc) is 2.28. The molecule has 0 radical (unpaired) electrons. The maximum Gasteiger partial charge on any atom is 0.534 e. The molecule has 1 rings (SSSR count). The van der Waals surface area contributed by atoms with Crippen LogP contribution >= 0.6 is 0 Å². The fourth-order valence-corrected chi connectivity index (χ4v) is 1.33. The van der Waals surface area contributed by atoms with Crippen LogP contribution in [0.5, 0.6) is 0 Å². The van der Waals surface area contributed by atoms with Gasteiger partial charge in [0.05, 0.1) is 0 Å². The van der Waals surface area contributed by atoms with Gasteiger partial charge < -0.3 is 9.59 Å². The van der Waals surface area contributed by atoms with Crippen molar-refractivity contribution in [2.24, 2.45) is 0 Å². The molecule has 0 fully saturated rings. The van der Waals surface area contributed by atoms with E-state index in [1.54, 1.807) is 18.2 Å². The fraction of sp³-hybridized carbons (Fsp3) is 0.100. The molecule has 4 nitrogen and oxygen atoms in total. The Kier molecular flexibility index (Phi) is 4.12. The van der Waals surface area contributed by atoms with Crippen LogP contribution in [0.4, 0.5) is 13.2 Å². The molecule has 18 heavy (non-hydrogen) atoms. The Balaban J connectivity index is 2.87. The minimum Gasteiger partial charge on any atom is -0.384 e. The Hall–Kier alpha value is -1.83. The molecule has 0 unspecified atom stereocenters. The van der Waals surface area contributed by atoms with Gasteiger partial charge in [0.2, 0.25) is 0 Å². The van der Waals surface area contributed by atoms with Gasteiger partial charge in [-0.1, -0.05) is 24.3 Å². The molecule has 0 saturated carbocycles. The molecule has 0 aliphatic carbocycles. The number of alkyl halides is 3. The summed E-state index contributed by atoms with van der Waals surface area (Å²) in [6, 6.07) is 6.27. The summed E-state index contributed by atoms with van der Waals surface area (Å²) in [5.41, 5.74) is -4.68. The van der Waals surface area contributed by atoms with Crippen LogP contribution in [0.2, 0.25) is 0 Å². The monoisotopic (exact) mass is 279 g/mol. The molecule has 0 bridgehead atoms. The van der Waals surface area contributed by atoms with Crippen molar-refractivity contribution < 1.29 is 25.8 Å². The molecular formula is C10H8F3NO3S. The van der Waals surface area contributed by atoms with Crippen LogP contribution in [0.25, 0.3) is 6.08 Å². The standard InChI is InChI=1S/C10H8F3NO3S/c11-10(12,13)18(15,16)17-6-5-8-3-1-2-4-9(8)7-14/h1-7,14H/b6-5+,14-7?. The summed E-state index contributed by atoms with van der Waals surface area (Å²) >= 11 is 0. The van der Waals surface area contributed by atoms with Gasteiger partial charge >= 0.3 is 15.6 Å². The first-order chi connectivity index (χ1) is 8.28. The highest BCUT2D eigenvalue weighted by Gasteiger charge is 2.47. The van der Waals surface area contributed by atoms with Gasteiger partial charge in [-0.3, -0.25) is 0 Å². The van der Waals surface area contributed by atoms with Gasteiger partial charge in [-0.05, 0) is 17.2 Å².